The molecule has 9 aromatic heterocycles. The minimum Gasteiger partial charge on any atom is -0.454 e. The van der Waals surface area contributed by atoms with Crippen LogP contribution in [0.5, 0.6) is 0 Å². The van der Waals surface area contributed by atoms with E-state index in [4.69, 9.17) is 49.3 Å². The molecular formula is C129H80N12OS2. The van der Waals surface area contributed by atoms with Crippen molar-refractivity contribution in [2.24, 2.45) is 0 Å². The zero-order valence-corrected chi connectivity index (χ0v) is 78.9. The molecule has 0 amide bonds. The van der Waals surface area contributed by atoms with Gasteiger partial charge in [0, 0.05) is 119 Å². The molecule has 0 aliphatic carbocycles. The van der Waals surface area contributed by atoms with E-state index in [2.05, 4.69) is 366 Å². The Morgan fingerprint density at radius 3 is 0.819 bits per heavy atom. The Bertz CT molecular complexity index is 9880. The van der Waals surface area contributed by atoms with E-state index >= 15 is 0 Å². The molecule has 15 heteroatoms. The molecule has 0 spiro atoms. The lowest BCUT2D eigenvalue weighted by Crippen LogP contribution is -2.06. The van der Waals surface area contributed by atoms with Crippen molar-refractivity contribution in [3.05, 3.63) is 485 Å². The van der Waals surface area contributed by atoms with Crippen molar-refractivity contribution >= 4 is 150 Å². The quantitative estimate of drug-likeness (QED) is 0.103. The second kappa shape index (κ2) is 35.8. The highest BCUT2D eigenvalue weighted by molar-refractivity contribution is 7.27. The van der Waals surface area contributed by atoms with Crippen molar-refractivity contribution in [3.8, 4) is 142 Å². The topological polar surface area (TPSA) is 144 Å². The molecule has 144 heavy (non-hydrogen) atoms. The summed E-state index contributed by atoms with van der Waals surface area (Å²) < 4.78 is 18.4. The van der Waals surface area contributed by atoms with Crippen LogP contribution in [0, 0.1) is 0 Å². The van der Waals surface area contributed by atoms with E-state index < -0.39 is 0 Å². The highest BCUT2D eigenvalue weighted by atomic mass is 32.1. The number of aromatic nitrogens is 12. The fourth-order valence-electron chi connectivity index (χ4n) is 20.3. The molecule has 0 radical (unpaired) electrons. The van der Waals surface area contributed by atoms with Gasteiger partial charge in [-0.15, -0.1) is 22.7 Å². The summed E-state index contributed by atoms with van der Waals surface area (Å²) in [5.41, 5.74) is 25.2. The fourth-order valence-corrected chi connectivity index (χ4v) is 22.8. The number of rotatable bonds is 14. The van der Waals surface area contributed by atoms with Crippen molar-refractivity contribution in [1.82, 2.24) is 58.6 Å². The molecule has 0 saturated heterocycles. The molecular weight excluding hydrogens is 1800 g/mol. The number of para-hydroxylation sites is 1. The van der Waals surface area contributed by atoms with Gasteiger partial charge >= 0.3 is 0 Å². The molecule has 29 rings (SSSR count). The van der Waals surface area contributed by atoms with Gasteiger partial charge in [0.25, 0.3) is 0 Å². The standard InChI is InChI=1S/C45H28N4O.C45H28N4S.C39H24N4S/c1-4-12-29(13-5-1)33-22-27-39-38(28-33)36-25-26-37-35-18-10-11-19-40(35)50-42(37)41(36)49(39)34-23-20-32(21-24-34)45-47-43(30-14-6-2-7-15-30)46-44(48-45)31-16-8-3-9-17-31;1-4-13-29(14-5-1)32-19-12-20-34(27-32)44-46-43(31-17-8-3-9-18-31)47-45(48-44)49-39-26-23-33(30-15-6-2-7-16-30)28-38(39)36-24-25-37-35-21-10-11-22-40(35)50-42(37)41(36)49;1-4-12-25(13-5-1)28-20-23-33-32(24-28)30-21-22-31-29-18-10-11-19-34(29)44-36(31)35(30)43(33)39-41-37(26-14-6-2-7-15-26)40-38(42-39)27-16-8-3-9-17-27/h2*1-28H;1-24H. The maximum absolute atomic E-state index is 6.63. The normalized spacial score (nSPS) is 11.6. The van der Waals surface area contributed by atoms with Crippen molar-refractivity contribution in [3.63, 3.8) is 0 Å². The number of benzene rings is 20. The van der Waals surface area contributed by atoms with Crippen LogP contribution >= 0.6 is 22.7 Å². The molecule has 0 saturated carbocycles. The lowest BCUT2D eigenvalue weighted by molar-refractivity contribution is 0.671. The second-order valence-electron chi connectivity index (χ2n) is 35.8. The molecule has 0 unspecified atom stereocenters. The van der Waals surface area contributed by atoms with E-state index in [1.165, 1.54) is 95.3 Å². The van der Waals surface area contributed by atoms with Crippen LogP contribution in [0.3, 0.4) is 0 Å². The first-order valence-corrected chi connectivity index (χ1v) is 49.7. The van der Waals surface area contributed by atoms with Gasteiger partial charge in [-0.1, -0.05) is 394 Å². The predicted octanol–water partition coefficient (Wildman–Crippen LogP) is 33.9. The fraction of sp³-hybridized carbons (Fsp3) is 0. The Labute approximate surface area is 834 Å². The zero-order valence-electron chi connectivity index (χ0n) is 77.3. The van der Waals surface area contributed by atoms with Crippen LogP contribution in [0.15, 0.2) is 490 Å². The van der Waals surface area contributed by atoms with Crippen molar-refractivity contribution in [2.75, 3.05) is 0 Å². The maximum Gasteiger partial charge on any atom is 0.238 e. The average Bonchev–Trinajstić information content (AvgIpc) is 1.56. The predicted molar refractivity (Wildman–Crippen MR) is 595 cm³/mol. The van der Waals surface area contributed by atoms with E-state index in [1.807, 2.05) is 156 Å². The summed E-state index contributed by atoms with van der Waals surface area (Å²) in [7, 11) is 0. The van der Waals surface area contributed by atoms with Crippen LogP contribution in [0.25, 0.3) is 270 Å². The molecule has 29 aromatic rings. The molecule has 9 heterocycles. The molecule has 13 nitrogen and oxygen atoms in total. The first-order valence-electron chi connectivity index (χ1n) is 48.0. The molecule has 0 N–H and O–H groups in total. The Morgan fingerprint density at radius 2 is 0.438 bits per heavy atom. The summed E-state index contributed by atoms with van der Waals surface area (Å²) in [4.78, 5) is 45.7. The Hall–Kier alpha value is -18.9. The summed E-state index contributed by atoms with van der Waals surface area (Å²) in [6.07, 6.45) is 0. The minimum atomic E-state index is 0.594. The van der Waals surface area contributed by atoms with Crippen LogP contribution in [-0.2, 0) is 0 Å². The van der Waals surface area contributed by atoms with Crippen LogP contribution in [0.4, 0.5) is 0 Å². The van der Waals surface area contributed by atoms with Gasteiger partial charge in [-0.25, -0.2) is 24.9 Å². The number of hydrogen-bond acceptors (Lipinski definition) is 12. The van der Waals surface area contributed by atoms with Gasteiger partial charge in [0.15, 0.2) is 46.4 Å². The Morgan fingerprint density at radius 1 is 0.167 bits per heavy atom. The Kier molecular flexibility index (Phi) is 21.0. The smallest absolute Gasteiger partial charge is 0.238 e. The summed E-state index contributed by atoms with van der Waals surface area (Å²) in [6.45, 7) is 0. The molecule has 0 fully saturated rings. The van der Waals surface area contributed by atoms with Crippen molar-refractivity contribution in [1.29, 1.82) is 0 Å². The van der Waals surface area contributed by atoms with Crippen LogP contribution in [0.1, 0.15) is 0 Å². The van der Waals surface area contributed by atoms with E-state index in [0.717, 1.165) is 122 Å². The number of hydrogen-bond donors (Lipinski definition) is 0. The third-order valence-corrected chi connectivity index (χ3v) is 29.6. The highest BCUT2D eigenvalue weighted by Gasteiger charge is 2.28. The van der Waals surface area contributed by atoms with Gasteiger partial charge in [-0.3, -0.25) is 9.13 Å². The monoisotopic (exact) mass is 1880 g/mol. The van der Waals surface area contributed by atoms with Gasteiger partial charge in [0.05, 0.1) is 42.5 Å². The highest BCUT2D eigenvalue weighted by Crippen LogP contribution is 2.49. The lowest BCUT2D eigenvalue weighted by Gasteiger charge is -2.12. The molecule has 0 bridgehead atoms. The SMILES string of the molecule is c1ccc(-c2ccc3c(c2)c2ccc4c5ccccc5oc4c2n3-c2ccc(-c3nc(-c4ccccc4)nc(-c4ccccc4)n3)cc2)cc1.c1ccc(-c2ccc3c(c2)c2ccc4c5ccccc5sc4c2n3-c2nc(-c3ccccc3)nc(-c3ccccc3)n2)cc1.c1ccc(-c2cccc(-c3nc(-c4ccccc4)nc(-n4c5ccc(-c6ccccc6)cc5c5ccc6c7ccccc7sc6c54)n3)c2)cc1. The van der Waals surface area contributed by atoms with Crippen LogP contribution < -0.4 is 0 Å². The number of thiophene rings is 2. The van der Waals surface area contributed by atoms with Gasteiger partial charge in [-0.05, 0) is 136 Å². The summed E-state index contributed by atoms with van der Waals surface area (Å²) in [5, 5.41) is 14.2. The summed E-state index contributed by atoms with van der Waals surface area (Å²) >= 11 is 3.65. The largest absolute Gasteiger partial charge is 0.454 e. The first-order chi connectivity index (χ1) is 71.4. The third kappa shape index (κ3) is 15.1. The van der Waals surface area contributed by atoms with Gasteiger partial charge in [0.2, 0.25) is 11.9 Å². The molecule has 674 valence electrons. The number of furan rings is 1. The lowest BCUT2D eigenvalue weighted by atomic mass is 10.0. The van der Waals surface area contributed by atoms with Crippen LogP contribution in [-0.4, -0.2) is 58.6 Å². The summed E-state index contributed by atoms with van der Waals surface area (Å²) in [5.74, 6) is 5.67. The van der Waals surface area contributed by atoms with E-state index in [-0.39, 0.29) is 0 Å². The van der Waals surface area contributed by atoms with Gasteiger partial charge in [-0.2, -0.15) is 19.9 Å². The van der Waals surface area contributed by atoms with E-state index in [9.17, 15) is 0 Å². The Balaban J connectivity index is 0.000000108. The summed E-state index contributed by atoms with van der Waals surface area (Å²) in [6, 6.07) is 169. The minimum absolute atomic E-state index is 0.594. The first kappa shape index (κ1) is 84.4. The number of fused-ring (bicyclic) bond motifs is 21. The zero-order chi connectivity index (χ0) is 95.1. The van der Waals surface area contributed by atoms with Crippen molar-refractivity contribution in [2.45, 2.75) is 0 Å². The second-order valence-corrected chi connectivity index (χ2v) is 37.9. The van der Waals surface area contributed by atoms with E-state index in [1.54, 1.807) is 0 Å². The van der Waals surface area contributed by atoms with E-state index in [0.29, 0.717) is 52.7 Å². The molecule has 0 atom stereocenters. The van der Waals surface area contributed by atoms with Crippen molar-refractivity contribution < 1.29 is 4.42 Å². The van der Waals surface area contributed by atoms with Gasteiger partial charge < -0.3 is 8.98 Å². The molecule has 0 aliphatic heterocycles. The molecule has 0 aliphatic rings. The van der Waals surface area contributed by atoms with Crippen LogP contribution in [0.2, 0.25) is 0 Å². The maximum atomic E-state index is 6.63. The molecule has 20 aromatic carbocycles. The third-order valence-electron chi connectivity index (χ3n) is 27.2. The number of nitrogens with zero attached hydrogens (tertiary/aromatic N) is 12. The average molecular weight is 1880 g/mol. The van der Waals surface area contributed by atoms with Gasteiger partial charge in [0.1, 0.15) is 5.58 Å².